The quantitative estimate of drug-likeness (QED) is 0.824. The second kappa shape index (κ2) is 4.78. The lowest BCUT2D eigenvalue weighted by Gasteiger charge is -2.17. The van der Waals surface area contributed by atoms with E-state index in [0.717, 1.165) is 9.75 Å². The van der Waals surface area contributed by atoms with Crippen LogP contribution in [0.1, 0.15) is 42.2 Å². The van der Waals surface area contributed by atoms with Crippen molar-refractivity contribution in [3.8, 4) is 0 Å². The van der Waals surface area contributed by atoms with Crippen molar-refractivity contribution in [2.24, 2.45) is 5.41 Å². The fraction of sp³-hybridized carbons (Fsp3) is 0.500. The van der Waals surface area contributed by atoms with E-state index in [0.29, 0.717) is 6.54 Å². The SMILES string of the molecule is CC(=O)c1ccc(CNC(=O)C(C)(C)C)s1. The Bertz CT molecular complexity index is 401. The lowest BCUT2D eigenvalue weighted by Crippen LogP contribution is -2.34. The molecule has 0 bridgehead atoms. The van der Waals surface area contributed by atoms with Crippen LogP contribution in [0.25, 0.3) is 0 Å². The second-order valence-electron chi connectivity index (χ2n) is 4.75. The number of amides is 1. The van der Waals surface area contributed by atoms with Gasteiger partial charge < -0.3 is 5.32 Å². The highest BCUT2D eigenvalue weighted by Crippen LogP contribution is 2.18. The number of thiophene rings is 1. The molecule has 1 amide bonds. The minimum absolute atomic E-state index is 0.0188. The highest BCUT2D eigenvalue weighted by atomic mass is 32.1. The molecule has 0 radical (unpaired) electrons. The summed E-state index contributed by atoms with van der Waals surface area (Å²) in [5, 5.41) is 2.85. The number of rotatable bonds is 3. The van der Waals surface area contributed by atoms with E-state index >= 15 is 0 Å². The van der Waals surface area contributed by atoms with Crippen LogP contribution in [-0.4, -0.2) is 11.7 Å². The highest BCUT2D eigenvalue weighted by Gasteiger charge is 2.20. The molecule has 0 saturated heterocycles. The van der Waals surface area contributed by atoms with E-state index in [2.05, 4.69) is 5.32 Å². The van der Waals surface area contributed by atoms with Crippen LogP contribution in [0.3, 0.4) is 0 Å². The molecule has 88 valence electrons. The molecule has 0 saturated carbocycles. The van der Waals surface area contributed by atoms with Crippen LogP contribution >= 0.6 is 11.3 Å². The fourth-order valence-corrected chi connectivity index (χ4v) is 1.94. The minimum atomic E-state index is -0.374. The van der Waals surface area contributed by atoms with Crippen molar-refractivity contribution in [3.05, 3.63) is 21.9 Å². The maximum absolute atomic E-state index is 11.6. The first-order valence-electron chi connectivity index (χ1n) is 5.18. The zero-order chi connectivity index (χ0) is 12.3. The maximum atomic E-state index is 11.6. The van der Waals surface area contributed by atoms with Crippen LogP contribution in [-0.2, 0) is 11.3 Å². The molecule has 0 aliphatic carbocycles. The van der Waals surface area contributed by atoms with Crippen LogP contribution < -0.4 is 5.32 Å². The third-order valence-corrected chi connectivity index (χ3v) is 3.30. The molecule has 1 heterocycles. The van der Waals surface area contributed by atoms with Gasteiger partial charge in [0.15, 0.2) is 5.78 Å². The number of hydrogen-bond acceptors (Lipinski definition) is 3. The summed E-state index contributed by atoms with van der Waals surface area (Å²) in [6.45, 7) is 7.66. The largest absolute Gasteiger partial charge is 0.351 e. The Morgan fingerprint density at radius 1 is 1.31 bits per heavy atom. The van der Waals surface area contributed by atoms with Crippen LogP contribution in [0.4, 0.5) is 0 Å². The molecule has 1 rings (SSSR count). The monoisotopic (exact) mass is 239 g/mol. The molecular weight excluding hydrogens is 222 g/mol. The van der Waals surface area contributed by atoms with Crippen molar-refractivity contribution in [1.82, 2.24) is 5.32 Å². The van der Waals surface area contributed by atoms with Gasteiger partial charge in [-0.05, 0) is 19.1 Å². The first-order valence-corrected chi connectivity index (χ1v) is 6.00. The molecule has 0 atom stereocenters. The van der Waals surface area contributed by atoms with E-state index in [4.69, 9.17) is 0 Å². The van der Waals surface area contributed by atoms with Gasteiger partial charge in [-0.25, -0.2) is 0 Å². The summed E-state index contributed by atoms with van der Waals surface area (Å²) in [5.74, 6) is 0.0867. The summed E-state index contributed by atoms with van der Waals surface area (Å²) in [7, 11) is 0. The average Bonchev–Trinajstić information content (AvgIpc) is 2.60. The van der Waals surface area contributed by atoms with Crippen molar-refractivity contribution in [2.45, 2.75) is 34.2 Å². The number of carbonyl (C=O) groups excluding carboxylic acids is 2. The number of hydrogen-bond donors (Lipinski definition) is 1. The van der Waals surface area contributed by atoms with E-state index in [1.807, 2.05) is 26.8 Å². The maximum Gasteiger partial charge on any atom is 0.225 e. The highest BCUT2D eigenvalue weighted by molar-refractivity contribution is 7.14. The zero-order valence-electron chi connectivity index (χ0n) is 10.1. The van der Waals surface area contributed by atoms with Gasteiger partial charge in [-0.15, -0.1) is 11.3 Å². The molecular formula is C12H17NO2S. The summed E-state index contributed by atoms with van der Waals surface area (Å²) in [5.41, 5.74) is -0.374. The van der Waals surface area contributed by atoms with Gasteiger partial charge in [0.05, 0.1) is 11.4 Å². The summed E-state index contributed by atoms with van der Waals surface area (Å²) in [4.78, 5) is 24.4. The molecule has 0 unspecified atom stereocenters. The number of nitrogens with one attached hydrogen (secondary N) is 1. The smallest absolute Gasteiger partial charge is 0.225 e. The van der Waals surface area contributed by atoms with Gasteiger partial charge in [-0.1, -0.05) is 20.8 Å². The van der Waals surface area contributed by atoms with Gasteiger partial charge in [0.25, 0.3) is 0 Å². The zero-order valence-corrected chi connectivity index (χ0v) is 10.9. The normalized spacial score (nSPS) is 11.2. The Morgan fingerprint density at radius 2 is 1.94 bits per heavy atom. The third kappa shape index (κ3) is 3.45. The minimum Gasteiger partial charge on any atom is -0.351 e. The predicted molar refractivity (Wildman–Crippen MR) is 65.6 cm³/mol. The first-order chi connectivity index (χ1) is 7.30. The Labute approximate surface area is 99.9 Å². The van der Waals surface area contributed by atoms with Crippen LogP contribution in [0, 0.1) is 5.41 Å². The van der Waals surface area contributed by atoms with E-state index in [1.165, 1.54) is 11.3 Å². The molecule has 3 nitrogen and oxygen atoms in total. The molecule has 1 aromatic rings. The summed E-state index contributed by atoms with van der Waals surface area (Å²) >= 11 is 1.43. The van der Waals surface area contributed by atoms with Crippen LogP contribution in [0.5, 0.6) is 0 Å². The van der Waals surface area contributed by atoms with Gasteiger partial charge in [0.1, 0.15) is 0 Å². The Kier molecular flexibility index (Phi) is 3.86. The lowest BCUT2D eigenvalue weighted by molar-refractivity contribution is -0.128. The van der Waals surface area contributed by atoms with E-state index in [-0.39, 0.29) is 17.1 Å². The Morgan fingerprint density at radius 3 is 2.38 bits per heavy atom. The third-order valence-electron chi connectivity index (χ3n) is 2.11. The molecule has 0 aromatic carbocycles. The first kappa shape index (κ1) is 12.9. The lowest BCUT2D eigenvalue weighted by atomic mass is 9.96. The van der Waals surface area contributed by atoms with Crippen molar-refractivity contribution >= 4 is 23.0 Å². The molecule has 0 fully saturated rings. The molecule has 1 aromatic heterocycles. The topological polar surface area (TPSA) is 46.2 Å². The number of carbonyl (C=O) groups is 2. The molecule has 0 aliphatic rings. The molecule has 1 N–H and O–H groups in total. The fourth-order valence-electron chi connectivity index (χ4n) is 1.09. The van der Waals surface area contributed by atoms with Gasteiger partial charge in [0, 0.05) is 10.3 Å². The van der Waals surface area contributed by atoms with Crippen LogP contribution in [0.2, 0.25) is 0 Å². The Hall–Kier alpha value is -1.16. The standard InChI is InChI=1S/C12H17NO2S/c1-8(14)10-6-5-9(16-10)7-13-11(15)12(2,3)4/h5-6H,7H2,1-4H3,(H,13,15). The summed E-state index contributed by atoms with van der Waals surface area (Å²) in [6.07, 6.45) is 0. The molecule has 16 heavy (non-hydrogen) atoms. The van der Waals surface area contributed by atoms with E-state index in [1.54, 1.807) is 13.0 Å². The Balaban J connectivity index is 2.55. The molecule has 4 heteroatoms. The summed E-state index contributed by atoms with van der Waals surface area (Å²) in [6, 6.07) is 3.68. The average molecular weight is 239 g/mol. The van der Waals surface area contributed by atoms with Gasteiger partial charge in [-0.2, -0.15) is 0 Å². The van der Waals surface area contributed by atoms with Crippen molar-refractivity contribution < 1.29 is 9.59 Å². The van der Waals surface area contributed by atoms with E-state index < -0.39 is 0 Å². The van der Waals surface area contributed by atoms with Crippen LogP contribution in [0.15, 0.2) is 12.1 Å². The predicted octanol–water partition coefficient (Wildman–Crippen LogP) is 2.61. The van der Waals surface area contributed by atoms with Gasteiger partial charge in [0.2, 0.25) is 5.91 Å². The van der Waals surface area contributed by atoms with E-state index in [9.17, 15) is 9.59 Å². The molecule has 0 aliphatic heterocycles. The van der Waals surface area contributed by atoms with Gasteiger partial charge in [-0.3, -0.25) is 9.59 Å². The van der Waals surface area contributed by atoms with Crippen molar-refractivity contribution in [1.29, 1.82) is 0 Å². The molecule has 0 spiro atoms. The van der Waals surface area contributed by atoms with Crippen molar-refractivity contribution in [2.75, 3.05) is 0 Å². The van der Waals surface area contributed by atoms with Gasteiger partial charge >= 0.3 is 0 Å². The second-order valence-corrected chi connectivity index (χ2v) is 5.92. The van der Waals surface area contributed by atoms with Crippen molar-refractivity contribution in [3.63, 3.8) is 0 Å². The number of Topliss-reactive ketones (excluding diaryl/α,β-unsaturated/α-hetero) is 1. The number of ketones is 1. The summed E-state index contributed by atoms with van der Waals surface area (Å²) < 4.78 is 0.